The summed E-state index contributed by atoms with van der Waals surface area (Å²) in [5.41, 5.74) is 1.73. The van der Waals surface area contributed by atoms with E-state index in [9.17, 15) is 5.11 Å². The van der Waals surface area contributed by atoms with Crippen molar-refractivity contribution in [2.24, 2.45) is 0 Å². The fourth-order valence-corrected chi connectivity index (χ4v) is 2.38. The van der Waals surface area contributed by atoms with Crippen LogP contribution in [-0.2, 0) is 6.54 Å². The van der Waals surface area contributed by atoms with Crippen molar-refractivity contribution < 1.29 is 14.6 Å². The second kappa shape index (κ2) is 4.44. The van der Waals surface area contributed by atoms with Crippen LogP contribution >= 0.6 is 0 Å². The zero-order valence-corrected chi connectivity index (χ0v) is 11.7. The van der Waals surface area contributed by atoms with Crippen molar-refractivity contribution in [3.8, 4) is 11.5 Å². The van der Waals surface area contributed by atoms with Crippen LogP contribution in [0.15, 0.2) is 12.1 Å². The highest BCUT2D eigenvalue weighted by Gasteiger charge is 2.39. The highest BCUT2D eigenvalue weighted by atomic mass is 16.5. The lowest BCUT2D eigenvalue weighted by Gasteiger charge is -2.44. The summed E-state index contributed by atoms with van der Waals surface area (Å²) in [5, 5.41) is 10.5. The number of ether oxygens (including phenoxy) is 2. The van der Waals surface area contributed by atoms with Crippen molar-refractivity contribution in [3.05, 3.63) is 23.3 Å². The molecule has 0 bridgehead atoms. The minimum atomic E-state index is -0.536. The molecule has 4 heteroatoms. The van der Waals surface area contributed by atoms with E-state index in [1.54, 1.807) is 14.2 Å². The molecule has 100 valence electrons. The Bertz CT molecular complexity index is 457. The highest BCUT2D eigenvalue weighted by molar-refractivity contribution is 5.49. The monoisotopic (exact) mass is 251 g/mol. The van der Waals surface area contributed by atoms with Crippen LogP contribution in [-0.4, -0.2) is 36.8 Å². The summed E-state index contributed by atoms with van der Waals surface area (Å²) in [6.45, 7) is 4.87. The summed E-state index contributed by atoms with van der Waals surface area (Å²) in [6, 6.07) is 3.83. The van der Waals surface area contributed by atoms with Crippen LogP contribution in [0, 0.1) is 0 Å². The van der Waals surface area contributed by atoms with E-state index in [4.69, 9.17) is 9.47 Å². The van der Waals surface area contributed by atoms with Gasteiger partial charge in [0.2, 0.25) is 0 Å². The largest absolute Gasteiger partial charge is 0.493 e. The van der Waals surface area contributed by atoms with Gasteiger partial charge >= 0.3 is 0 Å². The number of methoxy groups -OCH3 is 2. The summed E-state index contributed by atoms with van der Waals surface area (Å²) in [5.74, 6) is 1.37. The minimum absolute atomic E-state index is 0.285. The van der Waals surface area contributed by atoms with Gasteiger partial charge in [-0.25, -0.2) is 0 Å². The van der Waals surface area contributed by atoms with Crippen molar-refractivity contribution in [2.75, 3.05) is 21.3 Å². The Kier molecular flexibility index (Phi) is 3.25. The van der Waals surface area contributed by atoms with Gasteiger partial charge in [-0.15, -0.1) is 0 Å². The Morgan fingerprint density at radius 2 is 1.78 bits per heavy atom. The Morgan fingerprint density at radius 3 is 2.33 bits per heavy atom. The van der Waals surface area contributed by atoms with Crippen molar-refractivity contribution in [3.63, 3.8) is 0 Å². The highest BCUT2D eigenvalue weighted by Crippen LogP contribution is 2.42. The van der Waals surface area contributed by atoms with Crippen LogP contribution in [0.1, 0.15) is 31.1 Å². The maximum Gasteiger partial charge on any atom is 0.161 e. The molecule has 2 rings (SSSR count). The van der Waals surface area contributed by atoms with Gasteiger partial charge in [0.05, 0.1) is 20.3 Å². The topological polar surface area (TPSA) is 41.9 Å². The number of rotatable bonds is 2. The van der Waals surface area contributed by atoms with Gasteiger partial charge in [-0.3, -0.25) is 4.90 Å². The molecule has 18 heavy (non-hydrogen) atoms. The molecular formula is C14H21NO3. The maximum atomic E-state index is 10.5. The molecule has 0 amide bonds. The van der Waals surface area contributed by atoms with E-state index in [2.05, 4.69) is 4.90 Å². The predicted molar refractivity (Wildman–Crippen MR) is 70.1 cm³/mol. The lowest BCUT2D eigenvalue weighted by atomic mass is 9.83. The van der Waals surface area contributed by atoms with Gasteiger partial charge in [-0.2, -0.15) is 0 Å². The third kappa shape index (κ3) is 1.85. The SMILES string of the molecule is COc1cc2c(cc1OC)C(O)C(C)(C)N(C)C2. The molecule has 1 aliphatic heterocycles. The first-order valence-electron chi connectivity index (χ1n) is 6.06. The number of aliphatic hydroxyl groups excluding tert-OH is 1. The minimum Gasteiger partial charge on any atom is -0.493 e. The summed E-state index contributed by atoms with van der Waals surface area (Å²) >= 11 is 0. The van der Waals surface area contributed by atoms with E-state index in [-0.39, 0.29) is 5.54 Å². The summed E-state index contributed by atoms with van der Waals surface area (Å²) in [7, 11) is 5.25. The van der Waals surface area contributed by atoms with Crippen LogP contribution in [0.2, 0.25) is 0 Å². The molecule has 1 aromatic carbocycles. The smallest absolute Gasteiger partial charge is 0.161 e. The molecule has 0 saturated heterocycles. The first kappa shape index (κ1) is 13.2. The maximum absolute atomic E-state index is 10.5. The van der Waals surface area contributed by atoms with Gasteiger partial charge in [0.15, 0.2) is 11.5 Å². The Hall–Kier alpha value is -1.26. The molecule has 1 aromatic rings. The number of hydrogen-bond donors (Lipinski definition) is 1. The van der Waals surface area contributed by atoms with Gasteiger partial charge in [-0.1, -0.05) is 0 Å². The quantitative estimate of drug-likeness (QED) is 0.872. The Morgan fingerprint density at radius 1 is 1.22 bits per heavy atom. The van der Waals surface area contributed by atoms with Gasteiger partial charge < -0.3 is 14.6 Å². The number of nitrogens with zero attached hydrogens (tertiary/aromatic N) is 1. The zero-order valence-electron chi connectivity index (χ0n) is 11.7. The number of benzene rings is 1. The summed E-state index contributed by atoms with van der Waals surface area (Å²) in [6.07, 6.45) is -0.536. The van der Waals surface area contributed by atoms with Crippen molar-refractivity contribution in [1.82, 2.24) is 4.90 Å². The Labute approximate surface area is 108 Å². The van der Waals surface area contributed by atoms with Gasteiger partial charge in [0.25, 0.3) is 0 Å². The molecule has 1 heterocycles. The third-order valence-electron chi connectivity index (χ3n) is 4.00. The van der Waals surface area contributed by atoms with Gasteiger partial charge in [-0.05, 0) is 44.2 Å². The van der Waals surface area contributed by atoms with E-state index < -0.39 is 6.10 Å². The molecule has 0 aliphatic carbocycles. The van der Waals surface area contributed by atoms with Crippen LogP contribution < -0.4 is 9.47 Å². The number of likely N-dealkylation sites (N-methyl/N-ethyl adjacent to an activating group) is 1. The third-order valence-corrected chi connectivity index (χ3v) is 4.00. The molecule has 4 nitrogen and oxygen atoms in total. The summed E-state index contributed by atoms with van der Waals surface area (Å²) < 4.78 is 10.6. The molecule has 0 fully saturated rings. The number of hydrogen-bond acceptors (Lipinski definition) is 4. The molecule has 1 N–H and O–H groups in total. The average molecular weight is 251 g/mol. The van der Waals surface area contributed by atoms with E-state index in [1.807, 2.05) is 33.0 Å². The molecule has 1 unspecified atom stereocenters. The van der Waals surface area contributed by atoms with Crippen LogP contribution in [0.3, 0.4) is 0 Å². The molecule has 0 saturated carbocycles. The number of fused-ring (bicyclic) bond motifs is 1. The lowest BCUT2D eigenvalue weighted by molar-refractivity contribution is -0.0158. The van der Waals surface area contributed by atoms with Crippen molar-refractivity contribution in [2.45, 2.75) is 32.0 Å². The first-order chi connectivity index (χ1) is 8.41. The van der Waals surface area contributed by atoms with Crippen LogP contribution in [0.25, 0.3) is 0 Å². The van der Waals surface area contributed by atoms with Crippen LogP contribution in [0.4, 0.5) is 0 Å². The lowest BCUT2D eigenvalue weighted by Crippen LogP contribution is -2.49. The number of aliphatic hydroxyl groups is 1. The standard InChI is InChI=1S/C14H21NO3/c1-14(2)13(16)10-7-12(18-5)11(17-4)6-9(10)8-15(14)3/h6-7,13,16H,8H2,1-5H3. The van der Waals surface area contributed by atoms with Gasteiger partial charge in [0.1, 0.15) is 0 Å². The van der Waals surface area contributed by atoms with Gasteiger partial charge in [0, 0.05) is 12.1 Å². The second-order valence-corrected chi connectivity index (χ2v) is 5.32. The fraction of sp³-hybridized carbons (Fsp3) is 0.571. The van der Waals surface area contributed by atoms with Crippen molar-refractivity contribution in [1.29, 1.82) is 0 Å². The first-order valence-corrected chi connectivity index (χ1v) is 6.06. The molecule has 1 aliphatic rings. The van der Waals surface area contributed by atoms with Crippen LogP contribution in [0.5, 0.6) is 11.5 Å². The second-order valence-electron chi connectivity index (χ2n) is 5.32. The van der Waals surface area contributed by atoms with E-state index >= 15 is 0 Å². The normalized spacial score (nSPS) is 22.4. The Balaban J connectivity index is 2.54. The van der Waals surface area contributed by atoms with E-state index in [1.165, 1.54) is 0 Å². The molecular weight excluding hydrogens is 230 g/mol. The zero-order chi connectivity index (χ0) is 13.5. The van der Waals surface area contributed by atoms with Crippen molar-refractivity contribution >= 4 is 0 Å². The molecule has 0 aromatic heterocycles. The predicted octanol–water partition coefficient (Wildman–Crippen LogP) is 1.96. The molecule has 1 atom stereocenters. The van der Waals surface area contributed by atoms with E-state index in [0.717, 1.165) is 17.7 Å². The fourth-order valence-electron chi connectivity index (χ4n) is 2.38. The van der Waals surface area contributed by atoms with E-state index in [0.29, 0.717) is 11.5 Å². The molecule has 0 radical (unpaired) electrons. The molecule has 0 spiro atoms. The summed E-state index contributed by atoms with van der Waals surface area (Å²) in [4.78, 5) is 2.14. The average Bonchev–Trinajstić information content (AvgIpc) is 2.35.